The van der Waals surface area contributed by atoms with Gasteiger partial charge in [-0.3, -0.25) is 4.90 Å². The van der Waals surface area contributed by atoms with Crippen molar-refractivity contribution in [3.05, 3.63) is 39.6 Å². The summed E-state index contributed by atoms with van der Waals surface area (Å²) in [4.78, 5) is 5.75. The molecule has 19 heavy (non-hydrogen) atoms. The Balaban J connectivity index is 1.98. The molecule has 5 heteroatoms. The molecule has 0 aliphatic carbocycles. The number of benzene rings is 1. The number of aromatic amines is 1. The molecule has 2 aliphatic rings. The second kappa shape index (κ2) is 3.95. The summed E-state index contributed by atoms with van der Waals surface area (Å²) in [5.41, 5.74) is 4.84. The molecule has 98 valence electrons. The van der Waals surface area contributed by atoms with Crippen molar-refractivity contribution in [1.82, 2.24) is 14.5 Å². The summed E-state index contributed by atoms with van der Waals surface area (Å²) in [6.07, 6.45) is 1.07. The number of fused-ring (bicyclic) bond motifs is 1. The van der Waals surface area contributed by atoms with Gasteiger partial charge in [-0.2, -0.15) is 0 Å². The molecule has 0 unspecified atom stereocenters. The lowest BCUT2D eigenvalue weighted by atomic mass is 10.1. The highest BCUT2D eigenvalue weighted by atomic mass is 35.5. The first-order valence-electron chi connectivity index (χ1n) is 6.43. The Morgan fingerprint density at radius 1 is 1.37 bits per heavy atom. The molecule has 4 rings (SSSR count). The van der Waals surface area contributed by atoms with E-state index in [2.05, 4.69) is 27.1 Å². The minimum absolute atomic E-state index is 0.504. The molecule has 1 fully saturated rings. The van der Waals surface area contributed by atoms with E-state index in [1.54, 1.807) is 0 Å². The van der Waals surface area contributed by atoms with Crippen LogP contribution in [0.25, 0.3) is 11.0 Å². The van der Waals surface area contributed by atoms with Gasteiger partial charge in [0.15, 0.2) is 4.77 Å². The van der Waals surface area contributed by atoms with E-state index < -0.39 is 0 Å². The average molecular weight is 292 g/mol. The van der Waals surface area contributed by atoms with E-state index in [0.29, 0.717) is 6.04 Å². The van der Waals surface area contributed by atoms with Crippen LogP contribution in [0.2, 0.25) is 5.02 Å². The van der Waals surface area contributed by atoms with Gasteiger partial charge >= 0.3 is 0 Å². The number of hydrogen-bond donors (Lipinski definition) is 1. The van der Waals surface area contributed by atoms with Gasteiger partial charge in [-0.1, -0.05) is 23.8 Å². The lowest BCUT2D eigenvalue weighted by Crippen LogP contribution is -2.30. The molecule has 0 spiro atoms. The van der Waals surface area contributed by atoms with Crippen LogP contribution in [-0.2, 0) is 13.1 Å². The Hall–Kier alpha value is -1.10. The van der Waals surface area contributed by atoms with Crippen LogP contribution < -0.4 is 0 Å². The first-order valence-corrected chi connectivity index (χ1v) is 7.22. The molecule has 1 N–H and O–H groups in total. The molecular weight excluding hydrogens is 278 g/mol. The fourth-order valence-electron chi connectivity index (χ4n) is 3.39. The van der Waals surface area contributed by atoms with Crippen LogP contribution in [-0.4, -0.2) is 27.0 Å². The topological polar surface area (TPSA) is 24.0 Å². The van der Waals surface area contributed by atoms with Gasteiger partial charge < -0.3 is 9.55 Å². The highest BCUT2D eigenvalue weighted by Crippen LogP contribution is 2.33. The standard InChI is InChI=1S/C14H14ClN3S/c1-8-2-11-7-18-13-9(6-17(11)5-8)3-10(15)4-12(13)16-14(18)19/h3-4,11H,1-2,5-7H2,(H,16,19)/t11-/m0/s1. The predicted octanol–water partition coefficient (Wildman–Crippen LogP) is 3.50. The van der Waals surface area contributed by atoms with Crippen LogP contribution in [0.3, 0.4) is 0 Å². The van der Waals surface area contributed by atoms with Crippen LogP contribution in [0.15, 0.2) is 24.3 Å². The Bertz CT molecular complexity index is 758. The minimum atomic E-state index is 0.504. The summed E-state index contributed by atoms with van der Waals surface area (Å²) in [5.74, 6) is 0. The lowest BCUT2D eigenvalue weighted by molar-refractivity contribution is 0.234. The van der Waals surface area contributed by atoms with Crippen molar-refractivity contribution in [3.8, 4) is 0 Å². The summed E-state index contributed by atoms with van der Waals surface area (Å²) in [6.45, 7) is 6.98. The quantitative estimate of drug-likeness (QED) is 0.593. The zero-order valence-electron chi connectivity index (χ0n) is 10.4. The van der Waals surface area contributed by atoms with E-state index in [0.717, 1.165) is 41.4 Å². The highest BCUT2D eigenvalue weighted by molar-refractivity contribution is 7.71. The normalized spacial score (nSPS) is 22.8. The van der Waals surface area contributed by atoms with Gasteiger partial charge in [-0.25, -0.2) is 0 Å². The highest BCUT2D eigenvalue weighted by Gasteiger charge is 2.31. The first-order chi connectivity index (χ1) is 9.11. The van der Waals surface area contributed by atoms with E-state index in [4.69, 9.17) is 23.8 Å². The van der Waals surface area contributed by atoms with Crippen molar-refractivity contribution in [2.24, 2.45) is 0 Å². The summed E-state index contributed by atoms with van der Waals surface area (Å²) >= 11 is 11.7. The predicted molar refractivity (Wildman–Crippen MR) is 80.1 cm³/mol. The number of nitrogens with zero attached hydrogens (tertiary/aromatic N) is 2. The number of rotatable bonds is 0. The maximum absolute atomic E-state index is 6.21. The van der Waals surface area contributed by atoms with Gasteiger partial charge in [0, 0.05) is 30.7 Å². The Morgan fingerprint density at radius 2 is 2.21 bits per heavy atom. The molecule has 0 amide bonds. The van der Waals surface area contributed by atoms with Crippen LogP contribution in [0.4, 0.5) is 0 Å². The molecule has 1 aromatic heterocycles. The summed E-state index contributed by atoms with van der Waals surface area (Å²) in [6, 6.07) is 4.53. The molecule has 2 aliphatic heterocycles. The third-order valence-electron chi connectivity index (χ3n) is 4.14. The summed E-state index contributed by atoms with van der Waals surface area (Å²) < 4.78 is 3.01. The van der Waals surface area contributed by atoms with E-state index in [1.807, 2.05) is 6.07 Å². The van der Waals surface area contributed by atoms with E-state index in [-0.39, 0.29) is 0 Å². The minimum Gasteiger partial charge on any atom is -0.331 e. The second-order valence-electron chi connectivity index (χ2n) is 5.51. The van der Waals surface area contributed by atoms with Gasteiger partial charge in [0.05, 0.1) is 11.0 Å². The first kappa shape index (κ1) is 11.7. The largest absolute Gasteiger partial charge is 0.331 e. The molecule has 0 bridgehead atoms. The van der Waals surface area contributed by atoms with Gasteiger partial charge in [-0.15, -0.1) is 0 Å². The van der Waals surface area contributed by atoms with Crippen molar-refractivity contribution >= 4 is 34.9 Å². The number of imidazole rings is 1. The van der Waals surface area contributed by atoms with Crippen LogP contribution >= 0.6 is 23.8 Å². The molecule has 3 nitrogen and oxygen atoms in total. The SMILES string of the molecule is C=C1C[C@H]2Cn3c(=S)[nH]c4cc(Cl)cc(c43)CN2C1. The van der Waals surface area contributed by atoms with Crippen LogP contribution in [0.1, 0.15) is 12.0 Å². The maximum atomic E-state index is 6.21. The molecule has 2 aromatic rings. The van der Waals surface area contributed by atoms with Crippen molar-refractivity contribution in [3.63, 3.8) is 0 Å². The number of H-pyrrole nitrogens is 1. The molecule has 0 radical (unpaired) electrons. The number of aromatic nitrogens is 2. The third kappa shape index (κ3) is 1.71. The van der Waals surface area contributed by atoms with E-state index in [1.165, 1.54) is 16.7 Å². The maximum Gasteiger partial charge on any atom is 0.178 e. The van der Waals surface area contributed by atoms with E-state index >= 15 is 0 Å². The number of hydrogen-bond acceptors (Lipinski definition) is 2. The lowest BCUT2D eigenvalue weighted by Gasteiger charge is -2.21. The molecule has 1 saturated heterocycles. The van der Waals surface area contributed by atoms with Gasteiger partial charge in [-0.05, 0) is 36.3 Å². The van der Waals surface area contributed by atoms with Crippen LogP contribution in [0.5, 0.6) is 0 Å². The Morgan fingerprint density at radius 3 is 3.05 bits per heavy atom. The molecule has 0 saturated carbocycles. The molecular formula is C14H14ClN3S. The molecule has 1 aromatic carbocycles. The third-order valence-corrected chi connectivity index (χ3v) is 4.69. The zero-order valence-corrected chi connectivity index (χ0v) is 12.0. The summed E-state index contributed by atoms with van der Waals surface area (Å²) in [7, 11) is 0. The molecule has 1 atom stereocenters. The van der Waals surface area contributed by atoms with E-state index in [9.17, 15) is 0 Å². The van der Waals surface area contributed by atoms with Gasteiger partial charge in [0.2, 0.25) is 0 Å². The van der Waals surface area contributed by atoms with Crippen molar-refractivity contribution in [2.45, 2.75) is 25.6 Å². The Labute approximate surface area is 121 Å². The van der Waals surface area contributed by atoms with Gasteiger partial charge in [0.1, 0.15) is 0 Å². The fraction of sp³-hybridized carbons (Fsp3) is 0.357. The van der Waals surface area contributed by atoms with Crippen molar-refractivity contribution in [2.75, 3.05) is 6.54 Å². The average Bonchev–Trinajstić information content (AvgIpc) is 2.76. The fourth-order valence-corrected chi connectivity index (χ4v) is 3.90. The van der Waals surface area contributed by atoms with Gasteiger partial charge in [0.25, 0.3) is 0 Å². The zero-order chi connectivity index (χ0) is 13.1. The number of nitrogens with one attached hydrogen (secondary N) is 1. The monoisotopic (exact) mass is 291 g/mol. The number of halogens is 1. The smallest absolute Gasteiger partial charge is 0.178 e. The van der Waals surface area contributed by atoms with Crippen molar-refractivity contribution in [1.29, 1.82) is 0 Å². The van der Waals surface area contributed by atoms with Crippen molar-refractivity contribution < 1.29 is 0 Å². The van der Waals surface area contributed by atoms with Crippen LogP contribution in [0, 0.1) is 4.77 Å². The summed E-state index contributed by atoms with van der Waals surface area (Å²) in [5, 5.41) is 0.766. The Kier molecular flexibility index (Phi) is 2.43. The molecule has 3 heterocycles. The second-order valence-corrected chi connectivity index (χ2v) is 6.34.